The average Bonchev–Trinajstić information content (AvgIpc) is 3.27. The van der Waals surface area contributed by atoms with E-state index in [9.17, 15) is 9.18 Å². The van der Waals surface area contributed by atoms with E-state index in [0.717, 1.165) is 11.3 Å². The van der Waals surface area contributed by atoms with Crippen LogP contribution in [0.1, 0.15) is 21.7 Å². The minimum atomic E-state index is -0.376. The Hall–Kier alpha value is -3.79. The van der Waals surface area contributed by atoms with Gasteiger partial charge in [0, 0.05) is 24.7 Å². The van der Waals surface area contributed by atoms with Crippen LogP contribution in [0.3, 0.4) is 0 Å². The summed E-state index contributed by atoms with van der Waals surface area (Å²) >= 11 is 1.37. The molecule has 1 amide bonds. The number of nitrogens with one attached hydrogen (secondary N) is 1. The van der Waals surface area contributed by atoms with Gasteiger partial charge in [-0.05, 0) is 48.0 Å². The maximum absolute atomic E-state index is 13.1. The van der Waals surface area contributed by atoms with Crippen LogP contribution >= 0.6 is 11.8 Å². The topological polar surface area (TPSA) is 94.8 Å². The number of thioether (sulfide) groups is 1. The Kier molecular flexibility index (Phi) is 6.71. The largest absolute Gasteiger partial charge is 0.497 e. The van der Waals surface area contributed by atoms with Gasteiger partial charge in [-0.15, -0.1) is 5.10 Å². The predicted molar refractivity (Wildman–Crippen MR) is 117 cm³/mol. The Labute approximate surface area is 187 Å². The lowest BCUT2D eigenvalue weighted by atomic mass is 10.2. The van der Waals surface area contributed by atoms with Gasteiger partial charge in [-0.2, -0.15) is 0 Å². The maximum atomic E-state index is 13.1. The van der Waals surface area contributed by atoms with Crippen molar-refractivity contribution in [2.75, 3.05) is 7.11 Å². The number of aromatic nitrogens is 5. The fourth-order valence-corrected chi connectivity index (χ4v) is 3.70. The van der Waals surface area contributed by atoms with Crippen molar-refractivity contribution in [3.8, 4) is 11.4 Å². The third-order valence-electron chi connectivity index (χ3n) is 4.54. The van der Waals surface area contributed by atoms with E-state index in [2.05, 4.69) is 25.6 Å². The molecule has 0 saturated heterocycles. The van der Waals surface area contributed by atoms with E-state index in [-0.39, 0.29) is 24.0 Å². The van der Waals surface area contributed by atoms with Gasteiger partial charge in [-0.25, -0.2) is 19.0 Å². The second-order valence-corrected chi connectivity index (χ2v) is 7.57. The quantitative estimate of drug-likeness (QED) is 0.325. The number of ether oxygens (including phenoxy) is 1. The summed E-state index contributed by atoms with van der Waals surface area (Å²) in [6.07, 6.45) is 3.31. The van der Waals surface area contributed by atoms with Crippen LogP contribution < -0.4 is 10.1 Å². The number of methoxy groups -OCH3 is 1. The number of halogens is 1. The molecule has 8 nitrogen and oxygen atoms in total. The molecule has 1 N–H and O–H groups in total. The predicted octanol–water partition coefficient (Wildman–Crippen LogP) is 3.43. The van der Waals surface area contributed by atoms with Gasteiger partial charge in [0.15, 0.2) is 10.9 Å². The summed E-state index contributed by atoms with van der Waals surface area (Å²) < 4.78 is 19.9. The van der Waals surface area contributed by atoms with E-state index in [1.165, 1.54) is 23.9 Å². The van der Waals surface area contributed by atoms with E-state index in [1.807, 2.05) is 24.3 Å². The lowest BCUT2D eigenvalue weighted by Gasteiger charge is -2.09. The molecular formula is C22H19FN6O2S. The normalized spacial score (nSPS) is 10.7. The van der Waals surface area contributed by atoms with Crippen molar-refractivity contribution < 1.29 is 13.9 Å². The maximum Gasteiger partial charge on any atom is 0.274 e. The third kappa shape index (κ3) is 5.09. The molecule has 4 aromatic rings. The number of benzene rings is 2. The molecule has 2 aromatic carbocycles. The van der Waals surface area contributed by atoms with Crippen LogP contribution in [0.5, 0.6) is 5.75 Å². The molecule has 0 saturated carbocycles. The number of rotatable bonds is 8. The minimum absolute atomic E-state index is 0.200. The second kappa shape index (κ2) is 10.0. The van der Waals surface area contributed by atoms with Crippen molar-refractivity contribution in [2.24, 2.45) is 0 Å². The Bertz CT molecular complexity index is 1180. The van der Waals surface area contributed by atoms with Gasteiger partial charge < -0.3 is 10.1 Å². The van der Waals surface area contributed by atoms with Gasteiger partial charge in [0.2, 0.25) is 0 Å². The van der Waals surface area contributed by atoms with Crippen molar-refractivity contribution in [2.45, 2.75) is 17.5 Å². The van der Waals surface area contributed by atoms with E-state index >= 15 is 0 Å². The van der Waals surface area contributed by atoms with Gasteiger partial charge in [0.05, 0.1) is 18.5 Å². The monoisotopic (exact) mass is 450 g/mol. The highest BCUT2D eigenvalue weighted by atomic mass is 32.2. The Morgan fingerprint density at radius 3 is 2.50 bits per heavy atom. The molecule has 0 spiro atoms. The van der Waals surface area contributed by atoms with Crippen LogP contribution in [0, 0.1) is 5.82 Å². The summed E-state index contributed by atoms with van der Waals surface area (Å²) in [7, 11) is 1.59. The second-order valence-electron chi connectivity index (χ2n) is 6.62. The molecule has 10 heteroatoms. The Morgan fingerprint density at radius 2 is 1.81 bits per heavy atom. The van der Waals surface area contributed by atoms with Gasteiger partial charge in [0.25, 0.3) is 5.91 Å². The highest BCUT2D eigenvalue weighted by Gasteiger charge is 2.21. The average molecular weight is 450 g/mol. The number of nitrogens with zero attached hydrogens (tertiary/aromatic N) is 5. The molecule has 0 radical (unpaired) electrons. The minimum Gasteiger partial charge on any atom is -0.497 e. The smallest absolute Gasteiger partial charge is 0.274 e. The standard InChI is InChI=1S/C22H19FN6O2S/c1-31-18-9-7-17(8-10-18)29-19(14-32-22-24-11-2-12-25-22)20(27-28-29)21(30)26-13-15-3-5-16(23)6-4-15/h2-12H,13-14H2,1H3,(H,26,30). The van der Waals surface area contributed by atoms with Crippen molar-refractivity contribution >= 4 is 17.7 Å². The molecule has 0 bridgehead atoms. The highest BCUT2D eigenvalue weighted by Crippen LogP contribution is 2.24. The first-order valence-corrected chi connectivity index (χ1v) is 10.6. The zero-order chi connectivity index (χ0) is 22.3. The fraction of sp³-hybridized carbons (Fsp3) is 0.136. The van der Waals surface area contributed by atoms with E-state index in [0.29, 0.717) is 22.4 Å². The fourth-order valence-electron chi connectivity index (χ4n) is 2.90. The number of carbonyl (C=O) groups excluding carboxylic acids is 1. The van der Waals surface area contributed by atoms with E-state index < -0.39 is 0 Å². The molecule has 0 unspecified atom stereocenters. The van der Waals surface area contributed by atoms with Crippen LogP contribution in [0.2, 0.25) is 0 Å². The molecule has 2 aromatic heterocycles. The van der Waals surface area contributed by atoms with E-state index in [4.69, 9.17) is 4.74 Å². The van der Waals surface area contributed by atoms with Gasteiger partial charge in [0.1, 0.15) is 11.6 Å². The van der Waals surface area contributed by atoms with Gasteiger partial charge >= 0.3 is 0 Å². The lowest BCUT2D eigenvalue weighted by Crippen LogP contribution is -2.24. The first-order chi connectivity index (χ1) is 15.6. The van der Waals surface area contributed by atoms with E-state index in [1.54, 1.807) is 42.4 Å². The van der Waals surface area contributed by atoms with Crippen LogP contribution in [0.4, 0.5) is 4.39 Å². The van der Waals surface area contributed by atoms with Crippen molar-refractivity contribution in [3.05, 3.63) is 89.8 Å². The first kappa shape index (κ1) is 21.4. The summed E-state index contributed by atoms with van der Waals surface area (Å²) in [4.78, 5) is 21.3. The zero-order valence-corrected chi connectivity index (χ0v) is 17.9. The highest BCUT2D eigenvalue weighted by molar-refractivity contribution is 7.98. The summed E-state index contributed by atoms with van der Waals surface area (Å²) in [5.41, 5.74) is 2.31. The third-order valence-corrected chi connectivity index (χ3v) is 5.43. The van der Waals surface area contributed by atoms with Gasteiger partial charge in [-0.1, -0.05) is 29.1 Å². The summed E-state index contributed by atoms with van der Waals surface area (Å²) in [6.45, 7) is 0.239. The first-order valence-electron chi connectivity index (χ1n) is 9.65. The van der Waals surface area contributed by atoms with Crippen LogP contribution in [0.25, 0.3) is 5.69 Å². The number of hydrogen-bond acceptors (Lipinski definition) is 7. The van der Waals surface area contributed by atoms with Crippen molar-refractivity contribution in [1.82, 2.24) is 30.3 Å². The van der Waals surface area contributed by atoms with Gasteiger partial charge in [-0.3, -0.25) is 4.79 Å². The van der Waals surface area contributed by atoms with Crippen LogP contribution in [-0.4, -0.2) is 38.0 Å². The number of carbonyl (C=O) groups is 1. The zero-order valence-electron chi connectivity index (χ0n) is 17.1. The molecular weight excluding hydrogens is 431 g/mol. The molecule has 0 fully saturated rings. The van der Waals surface area contributed by atoms with Crippen molar-refractivity contribution in [1.29, 1.82) is 0 Å². The molecule has 0 aliphatic rings. The number of hydrogen-bond donors (Lipinski definition) is 1. The summed E-state index contributed by atoms with van der Waals surface area (Å²) in [5.74, 6) is 0.380. The number of amides is 1. The molecule has 0 aliphatic carbocycles. The lowest BCUT2D eigenvalue weighted by molar-refractivity contribution is 0.0945. The molecule has 2 heterocycles. The summed E-state index contributed by atoms with van der Waals surface area (Å²) in [6, 6.07) is 15.0. The molecule has 4 rings (SSSR count). The SMILES string of the molecule is COc1ccc(-n2nnc(C(=O)NCc3ccc(F)cc3)c2CSc2ncccn2)cc1. The van der Waals surface area contributed by atoms with Crippen molar-refractivity contribution in [3.63, 3.8) is 0 Å². The molecule has 0 atom stereocenters. The summed E-state index contributed by atoms with van der Waals surface area (Å²) in [5, 5.41) is 11.7. The molecule has 0 aliphatic heterocycles. The Morgan fingerprint density at radius 1 is 1.09 bits per heavy atom. The molecule has 162 valence electrons. The Balaban J connectivity index is 1.58. The molecule has 32 heavy (non-hydrogen) atoms. The van der Waals surface area contributed by atoms with Crippen LogP contribution in [0.15, 0.2) is 72.1 Å². The van der Waals surface area contributed by atoms with Crippen LogP contribution in [-0.2, 0) is 12.3 Å².